The zero-order valence-electron chi connectivity index (χ0n) is 7.38. The van der Waals surface area contributed by atoms with Gasteiger partial charge in [0.2, 0.25) is 0 Å². The summed E-state index contributed by atoms with van der Waals surface area (Å²) in [7, 11) is 0. The monoisotopic (exact) mass is 412 g/mol. The van der Waals surface area contributed by atoms with Gasteiger partial charge in [0, 0.05) is 98.1 Å². The van der Waals surface area contributed by atoms with Crippen molar-refractivity contribution < 1.29 is 98.1 Å². The average molecular weight is 412 g/mol. The zero-order valence-corrected chi connectivity index (χ0v) is 15.9. The van der Waals surface area contributed by atoms with Gasteiger partial charge in [0.25, 0.3) is 0 Å². The Balaban J connectivity index is 0. The third-order valence-corrected chi connectivity index (χ3v) is 1.29. The minimum Gasteiger partial charge on any atom is -0.303 e. The van der Waals surface area contributed by atoms with Gasteiger partial charge in [-0.15, -0.1) is 5.56 Å². The second kappa shape index (κ2) is 9.80. The van der Waals surface area contributed by atoms with Crippen LogP contribution in [0.25, 0.3) is 11.4 Å². The van der Waals surface area contributed by atoms with Gasteiger partial charge in [-0.2, -0.15) is 5.10 Å². The molecule has 0 amide bonds. The molecule has 0 aliphatic carbocycles. The van der Waals surface area contributed by atoms with Gasteiger partial charge in [-0.25, -0.2) is 17.1 Å². The van der Waals surface area contributed by atoms with Crippen LogP contribution in [-0.4, -0.2) is 20.2 Å². The smallest absolute Gasteiger partial charge is 0.136 e. The predicted molar refractivity (Wildman–Crippen MR) is 38.4 cm³/mol. The number of nitrogens with zero attached hydrogens (tertiary/aromatic N) is 3. The van der Waals surface area contributed by atoms with E-state index in [1.54, 1.807) is 18.5 Å². The molecule has 0 unspecified atom stereocenters. The molecule has 0 aromatic carbocycles. The molecule has 14 heavy (non-hydrogen) atoms. The summed E-state index contributed by atoms with van der Waals surface area (Å²) in [6.45, 7) is 0. The fourth-order valence-corrected chi connectivity index (χ4v) is 0.799. The summed E-state index contributed by atoms with van der Waals surface area (Å²) in [4.78, 5) is 7.86. The molecule has 2 aromatic rings. The van der Waals surface area contributed by atoms with Crippen molar-refractivity contribution in [1.29, 1.82) is 0 Å². The van der Waals surface area contributed by atoms with Crippen molar-refractivity contribution in [2.75, 3.05) is 0 Å². The Bertz CT molecular complexity index is 324. The summed E-state index contributed by atoms with van der Waals surface area (Å²) >= 11 is 0. The maximum Gasteiger partial charge on any atom is 0.136 e. The molecule has 3 radical (unpaired) electrons. The van der Waals surface area contributed by atoms with E-state index < -0.39 is 0 Å². The first kappa shape index (κ1) is 18.0. The van der Waals surface area contributed by atoms with Crippen LogP contribution in [0.1, 0.15) is 0 Å². The van der Waals surface area contributed by atoms with Crippen LogP contribution in [0.5, 0.6) is 0 Å². The van der Waals surface area contributed by atoms with E-state index in [2.05, 4.69) is 26.2 Å². The Morgan fingerprint density at radius 3 is 2.50 bits per heavy atom. The van der Waals surface area contributed by atoms with Crippen molar-refractivity contribution in [2.24, 2.45) is 0 Å². The quantitative estimate of drug-likeness (QED) is 0.701. The molecule has 0 atom stereocenters. The van der Waals surface area contributed by atoms with Crippen LogP contribution in [0.4, 0.5) is 0 Å². The number of nitrogens with one attached hydrogen (secondary N) is 1. The molecule has 7 heteroatoms. The van der Waals surface area contributed by atoms with Crippen LogP contribution in [-0.2, 0) is 98.1 Å². The van der Waals surface area contributed by atoms with Gasteiger partial charge in [0.1, 0.15) is 6.33 Å². The molecule has 0 spiro atoms. The van der Waals surface area contributed by atoms with E-state index in [0.29, 0.717) is 5.82 Å². The molecule has 0 fully saturated rings. The van der Waals surface area contributed by atoms with Crippen molar-refractivity contribution in [1.82, 2.24) is 20.2 Å². The van der Waals surface area contributed by atoms with Crippen LogP contribution in [0.15, 0.2) is 24.8 Å². The first-order valence-electron chi connectivity index (χ1n) is 3.13. The van der Waals surface area contributed by atoms with E-state index >= 15 is 0 Å². The SMILES string of the molecule is [Y].[Y].[Y].[c-]1cncc(-c2ncn[nH]2)c1. The minimum absolute atomic E-state index is 0. The van der Waals surface area contributed by atoms with Crippen molar-refractivity contribution in [3.8, 4) is 11.4 Å². The third-order valence-electron chi connectivity index (χ3n) is 1.29. The van der Waals surface area contributed by atoms with Gasteiger partial charge >= 0.3 is 0 Å². The Hall–Kier alpha value is 1.60. The van der Waals surface area contributed by atoms with E-state index in [0.717, 1.165) is 5.56 Å². The maximum absolute atomic E-state index is 3.96. The van der Waals surface area contributed by atoms with Crippen molar-refractivity contribution in [3.05, 3.63) is 30.9 Å². The second-order valence-electron chi connectivity index (χ2n) is 2.01. The maximum atomic E-state index is 3.96. The molecule has 4 nitrogen and oxygen atoms in total. The number of H-pyrrole nitrogens is 1. The average Bonchev–Trinajstić information content (AvgIpc) is 2.58. The van der Waals surface area contributed by atoms with Gasteiger partial charge in [0.05, 0.1) is 5.82 Å². The summed E-state index contributed by atoms with van der Waals surface area (Å²) in [5, 5.41) is 6.45. The van der Waals surface area contributed by atoms with Gasteiger partial charge in [-0.3, -0.25) is 5.10 Å². The van der Waals surface area contributed by atoms with Crippen LogP contribution >= 0.6 is 0 Å². The first-order valence-corrected chi connectivity index (χ1v) is 3.13. The number of rotatable bonds is 1. The van der Waals surface area contributed by atoms with Crippen molar-refractivity contribution in [2.45, 2.75) is 0 Å². The summed E-state index contributed by atoms with van der Waals surface area (Å²) in [6.07, 6.45) is 4.76. The van der Waals surface area contributed by atoms with Crippen LogP contribution in [0, 0.1) is 6.07 Å². The van der Waals surface area contributed by atoms with Crippen molar-refractivity contribution >= 4 is 0 Å². The van der Waals surface area contributed by atoms with Gasteiger partial charge in [-0.1, -0.05) is 6.20 Å². The standard InChI is InChI=1S/C7H5N4.3Y/c1-2-6(4-8-3-1)7-9-5-10-11-7;;;/h2-5H,(H,9,10,11);;;/q-1;;;. The Labute approximate surface area is 157 Å². The predicted octanol–water partition coefficient (Wildman–Crippen LogP) is 0.659. The fraction of sp³-hybridized carbons (Fsp3) is 0. The van der Waals surface area contributed by atoms with E-state index in [1.807, 2.05) is 0 Å². The van der Waals surface area contributed by atoms with Crippen LogP contribution in [0.2, 0.25) is 0 Å². The Kier molecular flexibility index (Phi) is 12.6. The summed E-state index contributed by atoms with van der Waals surface area (Å²) in [5.41, 5.74) is 0.894. The van der Waals surface area contributed by atoms with E-state index in [1.165, 1.54) is 6.33 Å². The molecule has 0 bridgehead atoms. The van der Waals surface area contributed by atoms with Gasteiger partial charge in [-0.05, 0) is 6.20 Å². The number of hydrogen-bond acceptors (Lipinski definition) is 3. The minimum atomic E-state index is 0. The molecular formula is C7H5N4Y3-. The molecular weight excluding hydrogens is 407 g/mol. The summed E-state index contributed by atoms with van der Waals surface area (Å²) in [5.74, 6) is 0.717. The van der Waals surface area contributed by atoms with Crippen LogP contribution in [0.3, 0.4) is 0 Å². The molecule has 0 aliphatic heterocycles. The first-order chi connectivity index (χ1) is 5.47. The van der Waals surface area contributed by atoms with E-state index in [9.17, 15) is 0 Å². The topological polar surface area (TPSA) is 54.5 Å². The fourth-order valence-electron chi connectivity index (χ4n) is 0.799. The normalized spacial score (nSPS) is 7.71. The number of hydrogen-bond donors (Lipinski definition) is 1. The molecule has 0 saturated carbocycles. The molecule has 2 heterocycles. The zero-order chi connectivity index (χ0) is 7.52. The molecule has 2 aromatic heterocycles. The third kappa shape index (κ3) is 5.09. The largest absolute Gasteiger partial charge is 0.303 e. The van der Waals surface area contributed by atoms with E-state index in [-0.39, 0.29) is 98.1 Å². The Morgan fingerprint density at radius 1 is 1.21 bits per heavy atom. The number of aromatic amines is 1. The molecule has 63 valence electrons. The van der Waals surface area contributed by atoms with Gasteiger partial charge in [0.15, 0.2) is 0 Å². The van der Waals surface area contributed by atoms with Crippen LogP contribution < -0.4 is 0 Å². The number of pyridine rings is 1. The van der Waals surface area contributed by atoms with Crippen molar-refractivity contribution in [3.63, 3.8) is 0 Å². The molecule has 0 saturated heterocycles. The van der Waals surface area contributed by atoms with E-state index in [4.69, 9.17) is 0 Å². The summed E-state index contributed by atoms with van der Waals surface area (Å²) in [6, 6.07) is 4.65. The molecule has 2 rings (SSSR count). The second-order valence-corrected chi connectivity index (χ2v) is 2.01. The summed E-state index contributed by atoms with van der Waals surface area (Å²) < 4.78 is 0. The molecule has 0 aliphatic rings. The number of aromatic nitrogens is 4. The Morgan fingerprint density at radius 2 is 2.00 bits per heavy atom. The molecule has 1 N–H and O–H groups in total. The van der Waals surface area contributed by atoms with Gasteiger partial charge < -0.3 is 4.98 Å².